The molecule has 1 N–H and O–H groups in total. The summed E-state index contributed by atoms with van der Waals surface area (Å²) in [6.45, 7) is 4.30. The first-order chi connectivity index (χ1) is 18.4. The van der Waals surface area contributed by atoms with Crippen molar-refractivity contribution >= 4 is 13.8 Å². The van der Waals surface area contributed by atoms with Gasteiger partial charge in [-0.2, -0.15) is 0 Å². The van der Waals surface area contributed by atoms with Crippen molar-refractivity contribution in [2.75, 3.05) is 33.3 Å². The number of methoxy groups -OCH3 is 1. The van der Waals surface area contributed by atoms with Crippen LogP contribution in [0.3, 0.4) is 0 Å². The van der Waals surface area contributed by atoms with Gasteiger partial charge in [0.25, 0.3) is 0 Å². The molecule has 7 nitrogen and oxygen atoms in total. The van der Waals surface area contributed by atoms with Crippen LogP contribution in [0.2, 0.25) is 0 Å². The van der Waals surface area contributed by atoms with Gasteiger partial charge in [0.05, 0.1) is 24.5 Å². The van der Waals surface area contributed by atoms with Crippen molar-refractivity contribution in [1.29, 1.82) is 0 Å². The van der Waals surface area contributed by atoms with Crippen LogP contribution in [0.15, 0.2) is 60.7 Å². The first-order valence-electron chi connectivity index (χ1n) is 12.8. The Morgan fingerprint density at radius 3 is 2.50 bits per heavy atom. The third-order valence-electron chi connectivity index (χ3n) is 7.77. The second-order valence-corrected chi connectivity index (χ2v) is 11.5. The molecule has 0 saturated heterocycles. The highest BCUT2D eigenvalue weighted by atomic mass is 31.1. The molecule has 1 heterocycles. The topological polar surface area (TPSA) is 91.3 Å². The quantitative estimate of drug-likeness (QED) is 0.318. The molecular formula is C30H32O7P+. The van der Waals surface area contributed by atoms with Gasteiger partial charge in [0.2, 0.25) is 6.79 Å². The van der Waals surface area contributed by atoms with Gasteiger partial charge in [-0.15, -0.1) is 0 Å². The summed E-state index contributed by atoms with van der Waals surface area (Å²) in [5.74, 6) is 1.37. The molecule has 3 atom stereocenters. The van der Waals surface area contributed by atoms with Crippen LogP contribution >= 0.6 is 7.80 Å². The standard InChI is InChI=1S/C30H31O7P/c1-4-15-35-25-13-11-23-22(27(25)34-2)18-29(28(31)32,14-16-38(3)33)30(23,20-8-6-5-7-9-20)21-10-12-24-26(17-21)37-19-36-24/h5-13,17H,4,14-16,18-19H2,1-3H3/p+1. The number of benzene rings is 3. The van der Waals surface area contributed by atoms with Gasteiger partial charge in [-0.05, 0) is 47.7 Å². The number of ether oxygens (including phenoxy) is 4. The number of fused-ring (bicyclic) bond motifs is 2. The van der Waals surface area contributed by atoms with Gasteiger partial charge in [-0.25, -0.2) is 0 Å². The third kappa shape index (κ3) is 3.92. The lowest BCUT2D eigenvalue weighted by Gasteiger charge is -2.44. The van der Waals surface area contributed by atoms with Crippen LogP contribution in [-0.2, 0) is 21.2 Å². The van der Waals surface area contributed by atoms with Crippen molar-refractivity contribution in [1.82, 2.24) is 0 Å². The minimum atomic E-state index is -1.57. The van der Waals surface area contributed by atoms with Crippen LogP contribution in [-0.4, -0.2) is 44.4 Å². The number of carboxylic acids is 1. The van der Waals surface area contributed by atoms with Gasteiger partial charge in [0, 0.05) is 12.0 Å². The van der Waals surface area contributed by atoms with E-state index < -0.39 is 24.6 Å². The Bertz CT molecular complexity index is 1370. The molecule has 1 aliphatic heterocycles. The van der Waals surface area contributed by atoms with E-state index in [1.54, 1.807) is 13.8 Å². The Balaban J connectivity index is 1.89. The fourth-order valence-corrected chi connectivity index (χ4v) is 6.89. The largest absolute Gasteiger partial charge is 0.493 e. The predicted octanol–water partition coefficient (Wildman–Crippen LogP) is 6.02. The molecule has 0 bridgehead atoms. The summed E-state index contributed by atoms with van der Waals surface area (Å²) in [4.78, 5) is 13.6. The summed E-state index contributed by atoms with van der Waals surface area (Å²) in [5.41, 5.74) is 0.731. The molecule has 3 aromatic rings. The summed E-state index contributed by atoms with van der Waals surface area (Å²) >= 11 is 0. The lowest BCUT2D eigenvalue weighted by atomic mass is 9.55. The molecule has 1 aliphatic carbocycles. The predicted molar refractivity (Wildman–Crippen MR) is 144 cm³/mol. The third-order valence-corrected chi connectivity index (χ3v) is 8.62. The molecule has 2 aliphatic rings. The van der Waals surface area contributed by atoms with Gasteiger partial charge in [0.1, 0.15) is 12.8 Å². The lowest BCUT2D eigenvalue weighted by molar-refractivity contribution is -0.151. The number of carboxylic acid groups (broad SMARTS) is 1. The van der Waals surface area contributed by atoms with Crippen LogP contribution in [0.1, 0.15) is 42.0 Å². The van der Waals surface area contributed by atoms with Gasteiger partial charge in [-0.1, -0.05) is 54.0 Å². The Morgan fingerprint density at radius 2 is 1.82 bits per heavy atom. The number of hydrogen-bond donors (Lipinski definition) is 1. The molecule has 0 saturated carbocycles. The maximum Gasteiger partial charge on any atom is 0.335 e. The molecule has 3 aromatic carbocycles. The highest BCUT2D eigenvalue weighted by Crippen LogP contribution is 2.64. The van der Waals surface area contributed by atoms with E-state index in [2.05, 4.69) is 0 Å². The number of rotatable bonds is 10. The highest BCUT2D eigenvalue weighted by Gasteiger charge is 2.65. The van der Waals surface area contributed by atoms with Crippen LogP contribution in [0.5, 0.6) is 23.0 Å². The van der Waals surface area contributed by atoms with Crippen LogP contribution in [0.25, 0.3) is 0 Å². The molecule has 0 spiro atoms. The molecule has 8 heteroatoms. The first kappa shape index (κ1) is 26.1. The SMILES string of the molecule is CCCOc1ccc2c(c1OC)CC(CC[P+](C)=O)(C(=O)O)C2(c1ccccc1)c1ccc2c(c1)OCO2. The van der Waals surface area contributed by atoms with Crippen LogP contribution < -0.4 is 18.9 Å². The second kappa shape index (κ2) is 10.3. The number of hydrogen-bond acceptors (Lipinski definition) is 6. The zero-order valence-electron chi connectivity index (χ0n) is 21.9. The average molecular weight is 536 g/mol. The van der Waals surface area contributed by atoms with E-state index in [1.165, 1.54) is 0 Å². The lowest BCUT2D eigenvalue weighted by Crippen LogP contribution is -2.50. The monoisotopic (exact) mass is 535 g/mol. The number of aliphatic carboxylic acids is 1. The van der Waals surface area contributed by atoms with Crippen molar-refractivity contribution < 1.29 is 33.4 Å². The molecule has 198 valence electrons. The van der Waals surface area contributed by atoms with E-state index in [-0.39, 0.29) is 25.8 Å². The fourth-order valence-electron chi connectivity index (χ4n) is 6.19. The molecule has 0 aromatic heterocycles. The molecule has 38 heavy (non-hydrogen) atoms. The second-order valence-electron chi connectivity index (χ2n) is 9.82. The Kier molecular flexibility index (Phi) is 7.06. The molecular weight excluding hydrogens is 503 g/mol. The van der Waals surface area contributed by atoms with E-state index >= 15 is 0 Å². The van der Waals surface area contributed by atoms with Gasteiger partial charge >= 0.3 is 13.8 Å². The maximum absolute atomic E-state index is 13.6. The zero-order chi connectivity index (χ0) is 26.9. The Morgan fingerprint density at radius 1 is 1.05 bits per heavy atom. The van der Waals surface area contributed by atoms with E-state index in [9.17, 15) is 14.5 Å². The molecule has 0 fully saturated rings. The summed E-state index contributed by atoms with van der Waals surface area (Å²) in [6, 6.07) is 19.2. The summed E-state index contributed by atoms with van der Waals surface area (Å²) in [5, 5.41) is 11.2. The summed E-state index contributed by atoms with van der Waals surface area (Å²) < 4.78 is 35.7. The van der Waals surface area contributed by atoms with Gasteiger partial charge < -0.3 is 24.1 Å². The summed E-state index contributed by atoms with van der Waals surface area (Å²) in [7, 11) is 0.0138. The smallest absolute Gasteiger partial charge is 0.335 e. The molecule has 0 amide bonds. The number of carbonyl (C=O) groups is 1. The highest BCUT2D eigenvalue weighted by molar-refractivity contribution is 7.43. The van der Waals surface area contributed by atoms with Crippen molar-refractivity contribution in [3.63, 3.8) is 0 Å². The van der Waals surface area contributed by atoms with E-state index in [0.717, 1.165) is 28.7 Å². The van der Waals surface area contributed by atoms with Crippen LogP contribution in [0.4, 0.5) is 0 Å². The van der Waals surface area contributed by atoms with Crippen molar-refractivity contribution in [2.24, 2.45) is 5.41 Å². The first-order valence-corrected chi connectivity index (χ1v) is 14.7. The molecule has 5 rings (SSSR count). The van der Waals surface area contributed by atoms with E-state index in [1.807, 2.05) is 67.6 Å². The summed E-state index contributed by atoms with van der Waals surface area (Å²) in [6.07, 6.45) is 1.50. The normalized spacial score (nSPS) is 21.6. The van der Waals surface area contributed by atoms with Gasteiger partial charge in [0.15, 0.2) is 23.0 Å². The minimum absolute atomic E-state index is 0.111. The minimum Gasteiger partial charge on any atom is -0.493 e. The average Bonchev–Trinajstić information content (AvgIpc) is 3.51. The Hall–Kier alpha value is -3.57. The van der Waals surface area contributed by atoms with Crippen molar-refractivity contribution in [3.8, 4) is 23.0 Å². The van der Waals surface area contributed by atoms with Crippen molar-refractivity contribution in [3.05, 3.63) is 82.9 Å². The maximum atomic E-state index is 13.6. The Labute approximate surface area is 223 Å². The van der Waals surface area contributed by atoms with E-state index in [0.29, 0.717) is 29.6 Å². The molecule has 0 radical (unpaired) electrons. The van der Waals surface area contributed by atoms with Crippen LogP contribution in [0, 0.1) is 5.41 Å². The van der Waals surface area contributed by atoms with Gasteiger partial charge in [-0.3, -0.25) is 4.79 Å². The van der Waals surface area contributed by atoms with Crippen molar-refractivity contribution in [2.45, 2.75) is 31.6 Å². The molecule has 3 unspecified atom stereocenters. The fraction of sp³-hybridized carbons (Fsp3) is 0.367. The van der Waals surface area contributed by atoms with E-state index in [4.69, 9.17) is 18.9 Å². The zero-order valence-corrected chi connectivity index (χ0v) is 22.8.